The third kappa shape index (κ3) is 4.65. The van der Waals surface area contributed by atoms with Crippen molar-refractivity contribution in [2.45, 2.75) is 65.8 Å². The number of benzene rings is 2. The molecule has 0 bridgehead atoms. The summed E-state index contributed by atoms with van der Waals surface area (Å²) in [7, 11) is 0. The molecule has 5 nitrogen and oxygen atoms in total. The number of anilines is 1. The lowest BCUT2D eigenvalue weighted by molar-refractivity contribution is 0.0955. The van der Waals surface area contributed by atoms with E-state index < -0.39 is 0 Å². The third-order valence-electron chi connectivity index (χ3n) is 6.87. The molecule has 2 heterocycles. The Kier molecular flexibility index (Phi) is 6.65. The topological polar surface area (TPSA) is 49.6 Å². The van der Waals surface area contributed by atoms with Crippen molar-refractivity contribution in [1.82, 2.24) is 9.99 Å². The average molecular weight is 457 g/mol. The lowest BCUT2D eigenvalue weighted by atomic mass is 9.79. The number of carbonyl (C=O) groups excluding carboxylic acids is 1. The number of nitrogens with one attached hydrogen (secondary N) is 1. The van der Waals surface area contributed by atoms with E-state index in [1.54, 1.807) is 6.21 Å². The lowest BCUT2D eigenvalue weighted by Gasteiger charge is -2.47. The molecule has 34 heavy (non-hydrogen) atoms. The van der Waals surface area contributed by atoms with Crippen molar-refractivity contribution < 1.29 is 4.79 Å². The Hall–Kier alpha value is -3.34. The van der Waals surface area contributed by atoms with Gasteiger partial charge in [-0.2, -0.15) is 5.10 Å². The molecule has 0 aliphatic carbocycles. The number of aryl methyl sites for hydroxylation is 2. The number of aromatic nitrogens is 1. The molecule has 0 radical (unpaired) electrons. The third-order valence-corrected chi connectivity index (χ3v) is 6.87. The summed E-state index contributed by atoms with van der Waals surface area (Å²) >= 11 is 0. The molecule has 178 valence electrons. The second-order valence-corrected chi connectivity index (χ2v) is 10.1. The average Bonchev–Trinajstić information content (AvgIpc) is 3.14. The highest BCUT2D eigenvalue weighted by Crippen LogP contribution is 2.43. The van der Waals surface area contributed by atoms with Crippen LogP contribution in [-0.4, -0.2) is 28.8 Å². The lowest BCUT2D eigenvalue weighted by Crippen LogP contribution is -2.48. The van der Waals surface area contributed by atoms with E-state index in [4.69, 9.17) is 0 Å². The minimum Gasteiger partial charge on any atom is -0.366 e. The van der Waals surface area contributed by atoms with E-state index in [0.717, 1.165) is 42.0 Å². The summed E-state index contributed by atoms with van der Waals surface area (Å²) in [5.74, 6) is 0.257. The fraction of sp³-hybridized carbons (Fsp3) is 0.379. The second kappa shape index (κ2) is 9.49. The van der Waals surface area contributed by atoms with Gasteiger partial charge in [0.2, 0.25) is 0 Å². The summed E-state index contributed by atoms with van der Waals surface area (Å²) < 4.78 is 2.14. The molecule has 4 rings (SSSR count). The Morgan fingerprint density at radius 2 is 1.85 bits per heavy atom. The van der Waals surface area contributed by atoms with Crippen LogP contribution in [0.1, 0.15) is 79.3 Å². The zero-order valence-corrected chi connectivity index (χ0v) is 21.2. The minimum absolute atomic E-state index is 0.151. The van der Waals surface area contributed by atoms with Crippen LogP contribution in [0.3, 0.4) is 0 Å². The second-order valence-electron chi connectivity index (χ2n) is 10.1. The smallest absolute Gasteiger partial charge is 0.271 e. The first-order valence-corrected chi connectivity index (χ1v) is 12.2. The fourth-order valence-corrected chi connectivity index (χ4v) is 5.33. The molecule has 1 aliphatic heterocycles. The SMILES string of the molecule is CCCN1c2ccc(/C=N\NC(=O)c3cccc(-n4c(C)ccc4C)c3)cc2C(C)CC1(C)C. The van der Waals surface area contributed by atoms with Gasteiger partial charge in [0, 0.05) is 40.4 Å². The summed E-state index contributed by atoms with van der Waals surface area (Å²) in [5, 5.41) is 4.26. The molecule has 0 spiro atoms. The molecule has 0 saturated carbocycles. The molecular weight excluding hydrogens is 420 g/mol. The molecule has 1 N–H and O–H groups in total. The van der Waals surface area contributed by atoms with Crippen molar-refractivity contribution >= 4 is 17.8 Å². The molecule has 5 heteroatoms. The Morgan fingerprint density at radius 3 is 2.56 bits per heavy atom. The van der Waals surface area contributed by atoms with E-state index in [-0.39, 0.29) is 11.4 Å². The van der Waals surface area contributed by atoms with Gasteiger partial charge >= 0.3 is 0 Å². The molecule has 0 saturated heterocycles. The fourth-order valence-electron chi connectivity index (χ4n) is 5.33. The normalized spacial score (nSPS) is 17.1. The van der Waals surface area contributed by atoms with Crippen LogP contribution < -0.4 is 10.3 Å². The first-order chi connectivity index (χ1) is 16.2. The van der Waals surface area contributed by atoms with Crippen LogP contribution in [0.4, 0.5) is 5.69 Å². The Morgan fingerprint density at radius 1 is 1.12 bits per heavy atom. The maximum Gasteiger partial charge on any atom is 0.271 e. The van der Waals surface area contributed by atoms with Crippen LogP contribution in [-0.2, 0) is 0 Å². The summed E-state index contributed by atoms with van der Waals surface area (Å²) in [6.07, 6.45) is 3.98. The quantitative estimate of drug-likeness (QED) is 0.347. The van der Waals surface area contributed by atoms with E-state index in [1.807, 2.05) is 24.3 Å². The van der Waals surface area contributed by atoms with Gasteiger partial charge in [-0.3, -0.25) is 4.79 Å². The molecule has 1 atom stereocenters. The van der Waals surface area contributed by atoms with Gasteiger partial charge in [0.1, 0.15) is 0 Å². The van der Waals surface area contributed by atoms with Gasteiger partial charge in [0.25, 0.3) is 5.91 Å². The summed E-state index contributed by atoms with van der Waals surface area (Å²) in [5.41, 5.74) is 10.3. The highest BCUT2D eigenvalue weighted by atomic mass is 16.2. The van der Waals surface area contributed by atoms with E-state index in [9.17, 15) is 4.79 Å². The number of rotatable bonds is 6. The Balaban J connectivity index is 1.50. The van der Waals surface area contributed by atoms with Crippen LogP contribution in [0.2, 0.25) is 0 Å². The molecule has 1 aromatic heterocycles. The van der Waals surface area contributed by atoms with E-state index in [1.165, 1.54) is 11.3 Å². The largest absolute Gasteiger partial charge is 0.366 e. The van der Waals surface area contributed by atoms with Crippen LogP contribution in [0.25, 0.3) is 5.69 Å². The molecule has 1 aliphatic rings. The van der Waals surface area contributed by atoms with Gasteiger partial charge in [0.15, 0.2) is 0 Å². The van der Waals surface area contributed by atoms with Crippen LogP contribution >= 0.6 is 0 Å². The van der Waals surface area contributed by atoms with Gasteiger partial charge in [0.05, 0.1) is 6.21 Å². The predicted octanol–water partition coefficient (Wildman–Crippen LogP) is 6.36. The minimum atomic E-state index is -0.220. The standard InChI is InChI=1S/C29H36N4O/c1-7-15-32-27-14-13-23(16-26(27)20(2)18-29(32,5)6)19-30-31-28(34)24-9-8-10-25(17-24)33-21(3)11-12-22(33)4/h8-14,16-17,19-20H,7,15,18H2,1-6H3,(H,31,34)/b30-19-. The molecular formula is C29H36N4O. The first kappa shape index (κ1) is 23.8. The van der Waals surface area contributed by atoms with Gasteiger partial charge in [-0.1, -0.05) is 26.0 Å². The van der Waals surface area contributed by atoms with Crippen LogP contribution in [0.15, 0.2) is 59.7 Å². The van der Waals surface area contributed by atoms with E-state index in [2.05, 4.69) is 91.9 Å². The highest BCUT2D eigenvalue weighted by Gasteiger charge is 2.35. The van der Waals surface area contributed by atoms with Gasteiger partial charge in [-0.15, -0.1) is 0 Å². The van der Waals surface area contributed by atoms with Crippen molar-refractivity contribution in [2.24, 2.45) is 5.10 Å². The van der Waals surface area contributed by atoms with Crippen molar-refractivity contribution in [1.29, 1.82) is 0 Å². The van der Waals surface area contributed by atoms with E-state index >= 15 is 0 Å². The van der Waals surface area contributed by atoms with Crippen LogP contribution in [0, 0.1) is 13.8 Å². The molecule has 1 amide bonds. The molecule has 0 fully saturated rings. The zero-order chi connectivity index (χ0) is 24.5. The summed E-state index contributed by atoms with van der Waals surface area (Å²) in [6.45, 7) is 14.4. The van der Waals surface area contributed by atoms with Crippen molar-refractivity contribution in [3.8, 4) is 5.69 Å². The van der Waals surface area contributed by atoms with Crippen molar-refractivity contribution in [3.05, 3.63) is 82.7 Å². The number of nitrogens with zero attached hydrogens (tertiary/aromatic N) is 3. The first-order valence-electron chi connectivity index (χ1n) is 12.2. The number of amides is 1. The van der Waals surface area contributed by atoms with Crippen molar-refractivity contribution in [3.63, 3.8) is 0 Å². The number of carbonyl (C=O) groups is 1. The molecule has 1 unspecified atom stereocenters. The number of hydrogen-bond donors (Lipinski definition) is 1. The summed E-state index contributed by atoms with van der Waals surface area (Å²) in [4.78, 5) is 15.3. The van der Waals surface area contributed by atoms with Gasteiger partial charge in [-0.25, -0.2) is 5.43 Å². The monoisotopic (exact) mass is 456 g/mol. The predicted molar refractivity (Wildman–Crippen MR) is 141 cm³/mol. The number of hydrazone groups is 1. The van der Waals surface area contributed by atoms with Gasteiger partial charge in [-0.05, 0) is 100 Å². The maximum atomic E-state index is 12.8. The van der Waals surface area contributed by atoms with Crippen molar-refractivity contribution in [2.75, 3.05) is 11.4 Å². The molecule has 2 aromatic carbocycles. The summed E-state index contributed by atoms with van der Waals surface area (Å²) in [6, 6.07) is 18.3. The number of fused-ring (bicyclic) bond motifs is 1. The van der Waals surface area contributed by atoms with Crippen LogP contribution in [0.5, 0.6) is 0 Å². The maximum absolute atomic E-state index is 12.8. The molecule has 3 aromatic rings. The Labute approximate surface area is 203 Å². The number of hydrogen-bond acceptors (Lipinski definition) is 3. The highest BCUT2D eigenvalue weighted by molar-refractivity contribution is 5.95. The Bertz CT molecular complexity index is 1200. The van der Waals surface area contributed by atoms with E-state index in [0.29, 0.717) is 11.5 Å². The zero-order valence-electron chi connectivity index (χ0n) is 21.2. The van der Waals surface area contributed by atoms with Gasteiger partial charge < -0.3 is 9.47 Å².